The van der Waals surface area contributed by atoms with Crippen molar-refractivity contribution in [1.82, 2.24) is 0 Å². The van der Waals surface area contributed by atoms with E-state index in [-0.39, 0.29) is 54.1 Å². The molecule has 29 heavy (non-hydrogen) atoms. The van der Waals surface area contributed by atoms with E-state index in [0.29, 0.717) is 11.8 Å². The van der Waals surface area contributed by atoms with E-state index in [9.17, 15) is 9.46 Å². The Morgan fingerprint density at radius 1 is 0.759 bits per heavy atom. The summed E-state index contributed by atoms with van der Waals surface area (Å²) >= 11 is 0. The first-order valence-electron chi connectivity index (χ1n) is 11.8. The predicted octanol–water partition coefficient (Wildman–Crippen LogP) is 7.71. The van der Waals surface area contributed by atoms with Crippen LogP contribution in [0, 0.1) is 59.6 Å². The van der Waals surface area contributed by atoms with E-state index < -0.39 is 7.82 Å². The maximum atomic E-state index is 11.8. The van der Waals surface area contributed by atoms with Gasteiger partial charge in [-0.2, -0.15) is 6.42 Å². The molecule has 0 saturated heterocycles. The molecule has 2 atom stereocenters. The first-order chi connectivity index (χ1) is 13.4. The van der Waals surface area contributed by atoms with Crippen LogP contribution in [0.1, 0.15) is 118 Å². The molecule has 176 valence electrons. The SMILES string of the molecule is CCCCC(CC)COP(=O)([O-])OCC(CC)CCCC.[CH2-]CCCCCC.[Nd]. The average molecular weight is 565 g/mol. The minimum Gasteiger partial charge on any atom is -0.756 e. The number of phosphoric ester groups is 1. The van der Waals surface area contributed by atoms with Gasteiger partial charge in [0.25, 0.3) is 7.82 Å². The molecule has 0 aromatic rings. The molecule has 0 heterocycles. The smallest absolute Gasteiger partial charge is 0.267 e. The van der Waals surface area contributed by atoms with E-state index in [1.54, 1.807) is 0 Å². The van der Waals surface area contributed by atoms with Gasteiger partial charge in [0.15, 0.2) is 0 Å². The molecule has 0 amide bonds. The fourth-order valence-corrected chi connectivity index (χ4v) is 3.69. The van der Waals surface area contributed by atoms with Gasteiger partial charge in [0.05, 0.1) is 13.2 Å². The molecular weight excluding hydrogens is 515 g/mol. The zero-order valence-electron chi connectivity index (χ0n) is 20.0. The van der Waals surface area contributed by atoms with Crippen LogP contribution in [0.4, 0.5) is 0 Å². The summed E-state index contributed by atoms with van der Waals surface area (Å²) in [4.78, 5) is 11.8. The van der Waals surface area contributed by atoms with E-state index in [1.165, 1.54) is 25.7 Å². The average Bonchev–Trinajstić information content (AvgIpc) is 2.69. The molecule has 0 N–H and O–H groups in total. The van der Waals surface area contributed by atoms with Gasteiger partial charge < -0.3 is 20.9 Å². The molecule has 4 nitrogen and oxygen atoms in total. The maximum absolute atomic E-state index is 11.8. The molecule has 0 spiro atoms. The molecule has 0 radical (unpaired) electrons. The minimum atomic E-state index is -4.14. The van der Waals surface area contributed by atoms with Gasteiger partial charge in [-0.05, 0) is 24.7 Å². The van der Waals surface area contributed by atoms with Crippen molar-refractivity contribution in [2.45, 2.75) is 118 Å². The maximum Gasteiger partial charge on any atom is 0.267 e. The molecule has 2 unspecified atom stereocenters. The third-order valence-electron chi connectivity index (χ3n) is 5.13. The van der Waals surface area contributed by atoms with Gasteiger partial charge in [0.2, 0.25) is 0 Å². The van der Waals surface area contributed by atoms with Crippen LogP contribution in [-0.4, -0.2) is 13.2 Å². The Hall–Kier alpha value is 1.46. The summed E-state index contributed by atoms with van der Waals surface area (Å²) in [5.74, 6) is 0.607. The van der Waals surface area contributed by atoms with Crippen molar-refractivity contribution in [2.24, 2.45) is 11.8 Å². The van der Waals surface area contributed by atoms with Crippen LogP contribution in [0.2, 0.25) is 0 Å². The molecule has 0 bridgehead atoms. The van der Waals surface area contributed by atoms with Gasteiger partial charge in [-0.25, -0.2) is 0 Å². The van der Waals surface area contributed by atoms with E-state index in [1.807, 2.05) is 0 Å². The fourth-order valence-electron chi connectivity index (χ4n) is 2.83. The van der Waals surface area contributed by atoms with E-state index in [4.69, 9.17) is 9.05 Å². The molecule has 0 aliphatic rings. The number of rotatable bonds is 18. The van der Waals surface area contributed by atoms with E-state index in [2.05, 4.69) is 41.5 Å². The van der Waals surface area contributed by atoms with Crippen LogP contribution in [0.5, 0.6) is 0 Å². The van der Waals surface area contributed by atoms with Crippen molar-refractivity contribution in [3.8, 4) is 0 Å². The third-order valence-corrected chi connectivity index (χ3v) is 6.06. The first-order valence-corrected chi connectivity index (χ1v) is 13.3. The van der Waals surface area contributed by atoms with Gasteiger partial charge in [0.1, 0.15) is 0 Å². The topological polar surface area (TPSA) is 58.6 Å². The van der Waals surface area contributed by atoms with Gasteiger partial charge in [-0.1, -0.05) is 98.8 Å². The Bertz CT molecular complexity index is 328. The normalized spacial score (nSPS) is 14.9. The summed E-state index contributed by atoms with van der Waals surface area (Å²) in [6, 6.07) is 0. The predicted molar refractivity (Wildman–Crippen MR) is 120 cm³/mol. The molecule has 0 aliphatic heterocycles. The van der Waals surface area contributed by atoms with Crippen LogP contribution < -0.4 is 4.89 Å². The van der Waals surface area contributed by atoms with Crippen LogP contribution in [0.25, 0.3) is 0 Å². The molecule has 0 saturated carbocycles. The van der Waals surface area contributed by atoms with Crippen molar-refractivity contribution in [3.05, 3.63) is 6.92 Å². The monoisotopic (exact) mass is 562 g/mol. The standard InChI is InChI=1S/C16H35O4P.C7H15.Nd/c1-5-9-11-15(7-3)13-19-21(17,18)20-14-16(8-4)12-10-6-2;1-3-5-7-6-4-2;/h15-16H,5-14H2,1-4H3,(H,17,18);1,3-7H2,2H3;/q;-1;/p-1. The molecular formula is C23H49NdO4P-2. The van der Waals surface area contributed by atoms with Crippen molar-refractivity contribution < 1.29 is 59.3 Å². The summed E-state index contributed by atoms with van der Waals surface area (Å²) in [6.07, 6.45) is 14.9. The Kier molecular flexibility index (Phi) is 31.1. The third kappa shape index (κ3) is 25.6. The zero-order valence-corrected chi connectivity index (χ0v) is 24.2. The van der Waals surface area contributed by atoms with E-state index >= 15 is 0 Å². The second-order valence-electron chi connectivity index (χ2n) is 7.79. The molecule has 6 heteroatoms. The Balaban J connectivity index is -0.000000721. The van der Waals surface area contributed by atoms with Crippen molar-refractivity contribution in [2.75, 3.05) is 13.2 Å². The number of hydrogen-bond acceptors (Lipinski definition) is 4. The summed E-state index contributed by atoms with van der Waals surface area (Å²) in [5, 5.41) is 0. The minimum absolute atomic E-state index is 0. The number of hydrogen-bond donors (Lipinski definition) is 0. The van der Waals surface area contributed by atoms with Gasteiger partial charge in [0, 0.05) is 40.8 Å². The van der Waals surface area contributed by atoms with Gasteiger partial charge in [-0.3, -0.25) is 4.57 Å². The zero-order chi connectivity index (χ0) is 21.7. The summed E-state index contributed by atoms with van der Waals surface area (Å²) in [6.45, 7) is 14.9. The quantitative estimate of drug-likeness (QED) is 0.0972. The Labute approximate surface area is 215 Å². The van der Waals surface area contributed by atoms with E-state index in [0.717, 1.165) is 57.8 Å². The van der Waals surface area contributed by atoms with Crippen molar-refractivity contribution in [3.63, 3.8) is 0 Å². The molecule has 0 rings (SSSR count). The molecule has 0 aromatic carbocycles. The molecule has 0 fully saturated rings. The second kappa shape index (κ2) is 25.7. The van der Waals surface area contributed by atoms with Crippen molar-refractivity contribution >= 4 is 7.82 Å². The first kappa shape index (κ1) is 35.1. The summed E-state index contributed by atoms with van der Waals surface area (Å²) in [7, 11) is -4.14. The second-order valence-corrected chi connectivity index (χ2v) is 9.20. The van der Waals surface area contributed by atoms with Crippen LogP contribution in [0.15, 0.2) is 0 Å². The number of phosphoric acid groups is 1. The van der Waals surface area contributed by atoms with Crippen molar-refractivity contribution in [1.29, 1.82) is 0 Å². The van der Waals surface area contributed by atoms with Gasteiger partial charge in [-0.15, -0.1) is 0 Å². The van der Waals surface area contributed by atoms with Crippen LogP contribution in [0.3, 0.4) is 0 Å². The summed E-state index contributed by atoms with van der Waals surface area (Å²) < 4.78 is 21.9. The fraction of sp³-hybridized carbons (Fsp3) is 0.957. The Morgan fingerprint density at radius 3 is 1.48 bits per heavy atom. The molecule has 0 aromatic heterocycles. The molecule has 0 aliphatic carbocycles. The number of unbranched alkanes of at least 4 members (excludes halogenated alkanes) is 6. The largest absolute Gasteiger partial charge is 0.756 e. The van der Waals surface area contributed by atoms with Gasteiger partial charge >= 0.3 is 0 Å². The van der Waals surface area contributed by atoms with Crippen LogP contribution in [-0.2, 0) is 13.6 Å². The Morgan fingerprint density at radius 2 is 1.17 bits per heavy atom. The summed E-state index contributed by atoms with van der Waals surface area (Å²) in [5.41, 5.74) is 0. The van der Waals surface area contributed by atoms with Crippen LogP contribution >= 0.6 is 7.82 Å².